The van der Waals surface area contributed by atoms with E-state index in [9.17, 15) is 14.7 Å². The van der Waals surface area contributed by atoms with Gasteiger partial charge in [0.15, 0.2) is 6.23 Å². The summed E-state index contributed by atoms with van der Waals surface area (Å²) < 4.78 is 5.48. The van der Waals surface area contributed by atoms with Crippen LogP contribution in [0.4, 0.5) is 4.79 Å². The van der Waals surface area contributed by atoms with E-state index in [1.54, 1.807) is 11.9 Å². The molecule has 3 fully saturated rings. The van der Waals surface area contributed by atoms with Crippen LogP contribution in [0.5, 0.6) is 0 Å². The molecule has 1 N–H and O–H groups in total. The summed E-state index contributed by atoms with van der Waals surface area (Å²) in [7, 11) is 1.75. The molecule has 2 atom stereocenters. The van der Waals surface area contributed by atoms with Crippen LogP contribution in [-0.4, -0.2) is 108 Å². The van der Waals surface area contributed by atoms with E-state index in [1.165, 1.54) is 0 Å². The van der Waals surface area contributed by atoms with E-state index in [-0.39, 0.29) is 24.9 Å². The number of carboxylic acid groups (broad SMARTS) is 1. The number of carbonyl (C=O) groups is 2. The number of carbonyl (C=O) groups excluding carboxylic acids is 1. The maximum atomic E-state index is 11.7. The second-order valence-corrected chi connectivity index (χ2v) is 8.11. The monoisotopic (exact) mass is 368 g/mol. The number of likely N-dealkylation sites (N-methyl/N-ethyl adjacent to an activating group) is 1. The molecule has 0 aromatic carbocycles. The number of piperazine rings is 1. The molecular formula is C18H32N4O4. The van der Waals surface area contributed by atoms with Gasteiger partial charge in [0.2, 0.25) is 0 Å². The highest BCUT2D eigenvalue weighted by Gasteiger charge is 2.41. The van der Waals surface area contributed by atoms with E-state index in [1.807, 2.05) is 0 Å². The van der Waals surface area contributed by atoms with E-state index in [0.29, 0.717) is 25.0 Å². The number of hydrogen-bond donors (Lipinski definition) is 1. The van der Waals surface area contributed by atoms with Crippen LogP contribution in [0.1, 0.15) is 26.7 Å². The van der Waals surface area contributed by atoms with Gasteiger partial charge in [-0.1, -0.05) is 0 Å². The topological polar surface area (TPSA) is 76.6 Å². The third-order valence-corrected chi connectivity index (χ3v) is 6.14. The van der Waals surface area contributed by atoms with Crippen molar-refractivity contribution < 1.29 is 19.4 Å². The van der Waals surface area contributed by atoms with Crippen LogP contribution in [0.2, 0.25) is 0 Å². The first kappa shape index (κ1) is 19.4. The second-order valence-electron chi connectivity index (χ2n) is 8.11. The Morgan fingerprint density at radius 2 is 1.88 bits per heavy atom. The van der Waals surface area contributed by atoms with Crippen LogP contribution >= 0.6 is 0 Å². The molecule has 3 rings (SSSR count). The van der Waals surface area contributed by atoms with Crippen LogP contribution in [0.15, 0.2) is 0 Å². The summed E-state index contributed by atoms with van der Waals surface area (Å²) >= 11 is 0. The molecule has 2 unspecified atom stereocenters. The van der Waals surface area contributed by atoms with Gasteiger partial charge in [0.1, 0.15) is 0 Å². The summed E-state index contributed by atoms with van der Waals surface area (Å²) in [5.74, 6) is -0.280. The smallest absolute Gasteiger partial charge is 0.411 e. The first-order chi connectivity index (χ1) is 12.3. The van der Waals surface area contributed by atoms with Crippen LogP contribution in [-0.2, 0) is 9.53 Å². The summed E-state index contributed by atoms with van der Waals surface area (Å²) in [5, 5.41) is 9.30. The second kappa shape index (κ2) is 8.10. The summed E-state index contributed by atoms with van der Waals surface area (Å²) in [6, 6.07) is 0.765. The molecule has 0 aromatic heterocycles. The minimum atomic E-state index is -0.768. The van der Waals surface area contributed by atoms with Crippen molar-refractivity contribution in [3.05, 3.63) is 0 Å². The average molecular weight is 368 g/mol. The van der Waals surface area contributed by atoms with Crippen molar-refractivity contribution in [2.45, 2.75) is 45.0 Å². The van der Waals surface area contributed by atoms with E-state index >= 15 is 0 Å². The fourth-order valence-electron chi connectivity index (χ4n) is 4.51. The molecule has 0 aromatic rings. The molecule has 0 bridgehead atoms. The Balaban J connectivity index is 1.66. The Bertz CT molecular complexity index is 521. The van der Waals surface area contributed by atoms with Gasteiger partial charge in [-0.05, 0) is 45.7 Å². The highest BCUT2D eigenvalue weighted by Crippen LogP contribution is 2.29. The Morgan fingerprint density at radius 1 is 1.19 bits per heavy atom. The molecule has 3 saturated heterocycles. The van der Waals surface area contributed by atoms with Crippen molar-refractivity contribution in [3.63, 3.8) is 0 Å². The maximum absolute atomic E-state index is 11.7. The molecule has 0 aliphatic carbocycles. The molecular weight excluding hydrogens is 336 g/mol. The highest BCUT2D eigenvalue weighted by atomic mass is 16.6. The van der Waals surface area contributed by atoms with Crippen molar-refractivity contribution in [1.29, 1.82) is 0 Å². The van der Waals surface area contributed by atoms with Gasteiger partial charge in [-0.3, -0.25) is 14.6 Å². The average Bonchev–Trinajstić information content (AvgIpc) is 2.94. The molecule has 3 aliphatic rings. The van der Waals surface area contributed by atoms with Crippen LogP contribution in [0.25, 0.3) is 0 Å². The van der Waals surface area contributed by atoms with E-state index in [0.717, 1.165) is 39.0 Å². The van der Waals surface area contributed by atoms with Crippen molar-refractivity contribution in [2.75, 3.05) is 52.9 Å². The predicted molar refractivity (Wildman–Crippen MR) is 96.9 cm³/mol. The summed E-state index contributed by atoms with van der Waals surface area (Å²) in [5.41, 5.74) is 0. The minimum Gasteiger partial charge on any atom is -0.480 e. The summed E-state index contributed by atoms with van der Waals surface area (Å²) in [4.78, 5) is 31.5. The largest absolute Gasteiger partial charge is 0.480 e. The Morgan fingerprint density at radius 3 is 2.42 bits per heavy atom. The number of likely N-dealkylation sites (tertiary alicyclic amines) is 1. The molecule has 1 amide bonds. The summed E-state index contributed by atoms with van der Waals surface area (Å²) in [6.45, 7) is 9.48. The lowest BCUT2D eigenvalue weighted by atomic mass is 9.86. The molecule has 0 radical (unpaired) electrons. The van der Waals surface area contributed by atoms with Gasteiger partial charge in [0.25, 0.3) is 0 Å². The Labute approximate surface area is 155 Å². The van der Waals surface area contributed by atoms with Gasteiger partial charge in [-0.15, -0.1) is 0 Å². The lowest BCUT2D eigenvalue weighted by Gasteiger charge is -2.47. The number of hydrogen-bond acceptors (Lipinski definition) is 6. The third kappa shape index (κ3) is 4.29. The van der Waals surface area contributed by atoms with Gasteiger partial charge >= 0.3 is 12.1 Å². The van der Waals surface area contributed by atoms with Crippen LogP contribution < -0.4 is 0 Å². The highest BCUT2D eigenvalue weighted by molar-refractivity contribution is 5.69. The number of amides is 1. The van der Waals surface area contributed by atoms with Gasteiger partial charge in [-0.2, -0.15) is 0 Å². The zero-order valence-corrected chi connectivity index (χ0v) is 16.1. The minimum absolute atomic E-state index is 0.0905. The molecule has 26 heavy (non-hydrogen) atoms. The van der Waals surface area contributed by atoms with Crippen LogP contribution in [0.3, 0.4) is 0 Å². The predicted octanol–water partition coefficient (Wildman–Crippen LogP) is 0.586. The third-order valence-electron chi connectivity index (χ3n) is 6.14. The molecule has 148 valence electrons. The van der Waals surface area contributed by atoms with Crippen LogP contribution in [0, 0.1) is 5.92 Å². The number of cyclic esters (lactones) is 1. The normalized spacial score (nSPS) is 30.2. The fraction of sp³-hybridized carbons (Fsp3) is 0.889. The van der Waals surface area contributed by atoms with Crippen molar-refractivity contribution >= 4 is 12.1 Å². The SMILES string of the molecule is CC(C)N1CCC(C2CN(C3CN(C)C(=O)O3)CCN2CC(=O)O)CC1. The van der Waals surface area contributed by atoms with E-state index < -0.39 is 5.97 Å². The zero-order chi connectivity index (χ0) is 18.8. The van der Waals surface area contributed by atoms with Crippen molar-refractivity contribution in [1.82, 2.24) is 19.6 Å². The molecule has 0 saturated carbocycles. The lowest BCUT2D eigenvalue weighted by molar-refractivity contribution is -0.141. The van der Waals surface area contributed by atoms with E-state index in [2.05, 4.69) is 28.5 Å². The zero-order valence-electron chi connectivity index (χ0n) is 16.1. The van der Waals surface area contributed by atoms with Gasteiger partial charge in [0.05, 0.1) is 13.1 Å². The maximum Gasteiger partial charge on any atom is 0.411 e. The Hall–Kier alpha value is -1.38. The number of rotatable bonds is 5. The molecule has 8 heteroatoms. The summed E-state index contributed by atoms with van der Waals surface area (Å²) in [6.07, 6.45) is 1.71. The quantitative estimate of drug-likeness (QED) is 0.761. The fourth-order valence-corrected chi connectivity index (χ4v) is 4.51. The van der Waals surface area contributed by atoms with E-state index in [4.69, 9.17) is 4.74 Å². The number of piperidine rings is 1. The van der Waals surface area contributed by atoms with Gasteiger partial charge < -0.3 is 19.6 Å². The standard InChI is InChI=1S/C18H32N4O4/c1-13(2)20-6-4-14(5-7-20)15-10-22(9-8-21(15)12-17(23)24)16-11-19(3)18(25)26-16/h13-16H,4-12H2,1-3H3,(H,23,24). The first-order valence-electron chi connectivity index (χ1n) is 9.71. The first-order valence-corrected chi connectivity index (χ1v) is 9.71. The van der Waals surface area contributed by atoms with Gasteiger partial charge in [0, 0.05) is 38.8 Å². The molecule has 3 aliphatic heterocycles. The van der Waals surface area contributed by atoms with Crippen molar-refractivity contribution in [3.8, 4) is 0 Å². The number of ether oxygens (including phenoxy) is 1. The molecule has 0 spiro atoms. The molecule has 3 heterocycles. The van der Waals surface area contributed by atoms with Crippen molar-refractivity contribution in [2.24, 2.45) is 5.92 Å². The van der Waals surface area contributed by atoms with Gasteiger partial charge in [-0.25, -0.2) is 4.79 Å². The number of carboxylic acids is 1. The number of nitrogens with zero attached hydrogens (tertiary/aromatic N) is 4. The Kier molecular flexibility index (Phi) is 6.04. The molecule has 8 nitrogen and oxygen atoms in total. The number of aliphatic carboxylic acids is 1. The lowest BCUT2D eigenvalue weighted by Crippen LogP contribution is -2.60.